The van der Waals surface area contributed by atoms with Crippen molar-refractivity contribution in [3.63, 3.8) is 0 Å². The molecule has 0 aliphatic heterocycles. The molecule has 0 heterocycles. The first-order valence-corrected chi connectivity index (χ1v) is 7.51. The summed E-state index contributed by atoms with van der Waals surface area (Å²) in [4.78, 5) is 0. The van der Waals surface area contributed by atoms with E-state index >= 15 is 0 Å². The summed E-state index contributed by atoms with van der Waals surface area (Å²) in [6.45, 7) is 2.86. The molecule has 19 heavy (non-hydrogen) atoms. The van der Waals surface area contributed by atoms with Crippen LogP contribution in [0, 0.1) is 6.92 Å². The molecule has 0 bridgehead atoms. The Balaban J connectivity index is 2.12. The van der Waals surface area contributed by atoms with E-state index < -0.39 is 0 Å². The number of aryl methyl sites for hydroxylation is 1. The molecule has 2 aromatic carbocycles. The van der Waals surface area contributed by atoms with E-state index in [4.69, 9.17) is 4.74 Å². The van der Waals surface area contributed by atoms with Gasteiger partial charge in [-0.1, -0.05) is 12.1 Å². The van der Waals surface area contributed by atoms with Crippen LogP contribution in [0.3, 0.4) is 0 Å². The number of methoxy groups -OCH3 is 1. The summed E-state index contributed by atoms with van der Waals surface area (Å²) >= 11 is 7.03. The van der Waals surface area contributed by atoms with Crippen molar-refractivity contribution in [1.29, 1.82) is 0 Å². The molecule has 0 aliphatic carbocycles. The lowest BCUT2D eigenvalue weighted by molar-refractivity contribution is 0.409. The maximum atomic E-state index is 5.30. The van der Waals surface area contributed by atoms with Crippen LogP contribution < -0.4 is 10.1 Å². The zero-order chi connectivity index (χ0) is 13.8. The maximum Gasteiger partial charge on any atom is 0.147 e. The summed E-state index contributed by atoms with van der Waals surface area (Å²) in [5.74, 6) is 0.819. The maximum absolute atomic E-state index is 5.30. The van der Waals surface area contributed by atoms with Gasteiger partial charge in [-0.3, -0.25) is 0 Å². The highest BCUT2D eigenvalue weighted by Gasteiger charge is 2.07. The van der Waals surface area contributed by atoms with Crippen LogP contribution in [0.15, 0.2) is 45.3 Å². The van der Waals surface area contributed by atoms with Gasteiger partial charge in [0.05, 0.1) is 16.1 Å². The molecule has 4 heteroatoms. The topological polar surface area (TPSA) is 21.3 Å². The van der Waals surface area contributed by atoms with Gasteiger partial charge in [-0.25, -0.2) is 0 Å². The quantitative estimate of drug-likeness (QED) is 0.787. The molecular formula is C15H15Br2NO. The fourth-order valence-corrected chi connectivity index (χ4v) is 3.47. The number of hydrogen-bond donors (Lipinski definition) is 1. The number of nitrogens with one attached hydrogen (secondary N) is 1. The van der Waals surface area contributed by atoms with Gasteiger partial charge in [0.2, 0.25) is 0 Å². The van der Waals surface area contributed by atoms with Crippen molar-refractivity contribution in [2.24, 2.45) is 0 Å². The molecule has 2 rings (SSSR count). The lowest BCUT2D eigenvalue weighted by Gasteiger charge is -2.11. The molecule has 0 aromatic heterocycles. The second-order valence-electron chi connectivity index (χ2n) is 4.32. The van der Waals surface area contributed by atoms with Crippen molar-refractivity contribution in [3.05, 3.63) is 56.5 Å². The molecule has 0 unspecified atom stereocenters. The fraction of sp³-hybridized carbons (Fsp3) is 0.200. The second kappa shape index (κ2) is 6.44. The Bertz CT molecular complexity index is 561. The number of benzene rings is 2. The third-order valence-electron chi connectivity index (χ3n) is 2.78. The molecule has 0 atom stereocenters. The van der Waals surface area contributed by atoms with Gasteiger partial charge in [0, 0.05) is 12.2 Å². The van der Waals surface area contributed by atoms with E-state index in [9.17, 15) is 0 Å². The van der Waals surface area contributed by atoms with E-state index in [2.05, 4.69) is 80.5 Å². The first-order chi connectivity index (χ1) is 9.10. The number of halogens is 2. The normalized spacial score (nSPS) is 10.3. The van der Waals surface area contributed by atoms with Crippen molar-refractivity contribution < 1.29 is 4.74 Å². The zero-order valence-electron chi connectivity index (χ0n) is 10.8. The molecule has 0 saturated heterocycles. The van der Waals surface area contributed by atoms with Crippen LogP contribution in [0.5, 0.6) is 5.75 Å². The number of hydrogen-bond acceptors (Lipinski definition) is 2. The van der Waals surface area contributed by atoms with Crippen LogP contribution >= 0.6 is 31.9 Å². The fourth-order valence-electron chi connectivity index (χ4n) is 1.87. The Morgan fingerprint density at radius 3 is 2.37 bits per heavy atom. The average molecular weight is 385 g/mol. The molecule has 2 aromatic rings. The van der Waals surface area contributed by atoms with Crippen LogP contribution in [0.25, 0.3) is 0 Å². The van der Waals surface area contributed by atoms with Crippen molar-refractivity contribution in [2.75, 3.05) is 12.4 Å². The van der Waals surface area contributed by atoms with Crippen molar-refractivity contribution >= 4 is 37.5 Å². The van der Waals surface area contributed by atoms with Gasteiger partial charge in [-0.05, 0) is 74.2 Å². The van der Waals surface area contributed by atoms with E-state index in [1.165, 1.54) is 11.1 Å². The zero-order valence-corrected chi connectivity index (χ0v) is 14.0. The predicted octanol–water partition coefficient (Wildman–Crippen LogP) is 5.14. The van der Waals surface area contributed by atoms with Gasteiger partial charge < -0.3 is 10.1 Å². The second-order valence-corrected chi connectivity index (χ2v) is 6.02. The van der Waals surface area contributed by atoms with E-state index in [0.717, 1.165) is 26.9 Å². The number of rotatable bonds is 4. The van der Waals surface area contributed by atoms with Crippen LogP contribution in [0.1, 0.15) is 11.1 Å². The smallest absolute Gasteiger partial charge is 0.147 e. The van der Waals surface area contributed by atoms with Crippen molar-refractivity contribution in [3.8, 4) is 5.75 Å². The standard InChI is InChI=1S/C15H15Br2NO/c1-10-4-3-5-12(6-10)18-9-11-7-13(16)15(19-2)14(17)8-11/h3-8,18H,9H2,1-2H3. The van der Waals surface area contributed by atoms with Gasteiger partial charge >= 0.3 is 0 Å². The van der Waals surface area contributed by atoms with E-state index in [1.807, 2.05) is 0 Å². The van der Waals surface area contributed by atoms with Gasteiger partial charge in [-0.15, -0.1) is 0 Å². The van der Waals surface area contributed by atoms with E-state index in [1.54, 1.807) is 7.11 Å². The number of anilines is 1. The van der Waals surface area contributed by atoms with Crippen molar-refractivity contribution in [1.82, 2.24) is 0 Å². The van der Waals surface area contributed by atoms with Gasteiger partial charge in [0.1, 0.15) is 5.75 Å². The predicted molar refractivity (Wildman–Crippen MR) is 86.9 cm³/mol. The highest BCUT2D eigenvalue weighted by Crippen LogP contribution is 2.34. The lowest BCUT2D eigenvalue weighted by atomic mass is 10.2. The molecule has 0 amide bonds. The Hall–Kier alpha value is -1.00. The SMILES string of the molecule is COc1c(Br)cc(CNc2cccc(C)c2)cc1Br. The largest absolute Gasteiger partial charge is 0.494 e. The highest BCUT2D eigenvalue weighted by atomic mass is 79.9. The monoisotopic (exact) mass is 383 g/mol. The van der Waals surface area contributed by atoms with Crippen LogP contribution in [0.4, 0.5) is 5.69 Å². The molecule has 1 N–H and O–H groups in total. The van der Waals surface area contributed by atoms with Gasteiger partial charge in [-0.2, -0.15) is 0 Å². The summed E-state index contributed by atoms with van der Waals surface area (Å²) in [7, 11) is 1.66. The van der Waals surface area contributed by atoms with Crippen LogP contribution in [0.2, 0.25) is 0 Å². The summed E-state index contributed by atoms with van der Waals surface area (Å²) in [6.07, 6.45) is 0. The Kier molecular flexibility index (Phi) is 4.88. The minimum atomic E-state index is 0.768. The molecule has 100 valence electrons. The molecular weight excluding hydrogens is 370 g/mol. The third-order valence-corrected chi connectivity index (χ3v) is 3.95. The third kappa shape index (κ3) is 3.74. The molecule has 0 saturated carbocycles. The first-order valence-electron chi connectivity index (χ1n) is 5.92. The lowest BCUT2D eigenvalue weighted by Crippen LogP contribution is -2.00. The number of ether oxygens (including phenoxy) is 1. The summed E-state index contributed by atoms with van der Waals surface area (Å²) in [5, 5.41) is 3.41. The minimum absolute atomic E-state index is 0.768. The Morgan fingerprint density at radius 2 is 1.79 bits per heavy atom. The molecule has 0 aliphatic rings. The van der Waals surface area contributed by atoms with E-state index in [0.29, 0.717) is 0 Å². The Labute approximate surface area is 130 Å². The van der Waals surface area contributed by atoms with Crippen molar-refractivity contribution in [2.45, 2.75) is 13.5 Å². The highest BCUT2D eigenvalue weighted by molar-refractivity contribution is 9.11. The summed E-state index contributed by atoms with van der Waals surface area (Å²) < 4.78 is 7.19. The molecule has 0 spiro atoms. The van der Waals surface area contributed by atoms with Gasteiger partial charge in [0.25, 0.3) is 0 Å². The summed E-state index contributed by atoms with van der Waals surface area (Å²) in [6, 6.07) is 12.5. The van der Waals surface area contributed by atoms with Gasteiger partial charge in [0.15, 0.2) is 0 Å². The summed E-state index contributed by atoms with van der Waals surface area (Å²) in [5.41, 5.74) is 3.56. The van der Waals surface area contributed by atoms with Crippen LogP contribution in [-0.4, -0.2) is 7.11 Å². The Morgan fingerprint density at radius 1 is 1.11 bits per heavy atom. The first kappa shape index (κ1) is 14.4. The van der Waals surface area contributed by atoms with Crippen LogP contribution in [-0.2, 0) is 6.54 Å². The van der Waals surface area contributed by atoms with E-state index in [-0.39, 0.29) is 0 Å². The molecule has 0 fully saturated rings. The average Bonchev–Trinajstić information content (AvgIpc) is 2.36. The molecule has 2 nitrogen and oxygen atoms in total. The minimum Gasteiger partial charge on any atom is -0.494 e. The molecule has 0 radical (unpaired) electrons.